The van der Waals surface area contributed by atoms with Crippen LogP contribution in [0.25, 0.3) is 22.4 Å². The maximum Gasteiger partial charge on any atom is 0.267 e. The van der Waals surface area contributed by atoms with Crippen LogP contribution in [-0.4, -0.2) is 36.9 Å². The van der Waals surface area contributed by atoms with E-state index in [4.69, 9.17) is 0 Å². The van der Waals surface area contributed by atoms with Crippen LogP contribution in [0.3, 0.4) is 0 Å². The lowest BCUT2D eigenvalue weighted by molar-refractivity contribution is -0.119. The van der Waals surface area contributed by atoms with Crippen LogP contribution < -0.4 is 10.9 Å². The van der Waals surface area contributed by atoms with Crippen molar-refractivity contribution in [2.45, 2.75) is 38.9 Å². The fourth-order valence-electron chi connectivity index (χ4n) is 3.40. The van der Waals surface area contributed by atoms with Gasteiger partial charge < -0.3 is 5.32 Å². The number of hydrogen-bond donors (Lipinski definition) is 1. The summed E-state index contributed by atoms with van der Waals surface area (Å²) in [6.45, 7) is 8.09. The number of carbonyl (C=O) groups is 1. The lowest BCUT2D eigenvalue weighted by Gasteiger charge is -2.17. The predicted octanol–water partition coefficient (Wildman–Crippen LogP) is 3.59. The number of amides is 1. The molecule has 2 aromatic carbocycles. The molecule has 7 nitrogen and oxygen atoms in total. The standard InChI is InChI=1S/C23H25N5O2S/c1-14(2)16(4)24-20(29)13-31-23-26-25-22-27(18-11-7-5-9-15(18)3)21(30)17-10-6-8-12-19(17)28(22)23/h5-12,14,16H,13H2,1-4H3,(H,24,29). The third-order valence-electron chi connectivity index (χ3n) is 5.47. The molecule has 0 fully saturated rings. The van der Waals surface area contributed by atoms with Crippen LogP contribution in [0.5, 0.6) is 0 Å². The average Bonchev–Trinajstić information content (AvgIpc) is 3.17. The van der Waals surface area contributed by atoms with Gasteiger partial charge in [0.25, 0.3) is 5.56 Å². The first-order valence-corrected chi connectivity index (χ1v) is 11.2. The minimum Gasteiger partial charge on any atom is -0.353 e. The number of aromatic nitrogens is 4. The number of carbonyl (C=O) groups excluding carboxylic acids is 1. The van der Waals surface area contributed by atoms with Gasteiger partial charge >= 0.3 is 0 Å². The molecule has 4 rings (SSSR count). The van der Waals surface area contributed by atoms with Crippen molar-refractivity contribution in [2.24, 2.45) is 5.92 Å². The first-order chi connectivity index (χ1) is 14.9. The number of rotatable bonds is 6. The van der Waals surface area contributed by atoms with Crippen LogP contribution in [0.2, 0.25) is 0 Å². The Morgan fingerprint density at radius 2 is 1.77 bits per heavy atom. The van der Waals surface area contributed by atoms with Gasteiger partial charge in [-0.15, -0.1) is 10.2 Å². The Kier molecular flexibility index (Phi) is 5.82. The lowest BCUT2D eigenvalue weighted by Crippen LogP contribution is -2.37. The minimum atomic E-state index is -0.148. The minimum absolute atomic E-state index is 0.0560. The molecule has 4 aromatic rings. The van der Waals surface area contributed by atoms with Gasteiger partial charge in [-0.3, -0.25) is 14.0 Å². The first-order valence-electron chi connectivity index (χ1n) is 10.3. The Morgan fingerprint density at radius 1 is 1.06 bits per heavy atom. The second-order valence-electron chi connectivity index (χ2n) is 7.95. The number of fused-ring (bicyclic) bond motifs is 3. The van der Waals surface area contributed by atoms with Crippen molar-refractivity contribution < 1.29 is 4.79 Å². The van der Waals surface area contributed by atoms with E-state index < -0.39 is 0 Å². The Bertz CT molecular complexity index is 1320. The second-order valence-corrected chi connectivity index (χ2v) is 8.89. The molecule has 160 valence electrons. The van der Waals surface area contributed by atoms with Crippen LogP contribution in [0.4, 0.5) is 0 Å². The van der Waals surface area contributed by atoms with Crippen molar-refractivity contribution in [1.82, 2.24) is 24.5 Å². The third kappa shape index (κ3) is 3.95. The number of nitrogens with one attached hydrogen (secondary N) is 1. The Labute approximate surface area is 184 Å². The second kappa shape index (κ2) is 8.55. The predicted molar refractivity (Wildman–Crippen MR) is 124 cm³/mol. The molecule has 2 aromatic heterocycles. The summed E-state index contributed by atoms with van der Waals surface area (Å²) >= 11 is 1.31. The van der Waals surface area contributed by atoms with Crippen molar-refractivity contribution in [3.05, 3.63) is 64.4 Å². The molecule has 0 saturated carbocycles. The van der Waals surface area contributed by atoms with Crippen molar-refractivity contribution in [3.8, 4) is 5.69 Å². The van der Waals surface area contributed by atoms with Gasteiger partial charge in [0.05, 0.1) is 22.3 Å². The molecule has 0 saturated heterocycles. The van der Waals surface area contributed by atoms with Crippen molar-refractivity contribution in [3.63, 3.8) is 0 Å². The Balaban J connectivity index is 1.82. The highest BCUT2D eigenvalue weighted by Gasteiger charge is 2.19. The Morgan fingerprint density at radius 3 is 2.52 bits per heavy atom. The van der Waals surface area contributed by atoms with Crippen molar-refractivity contribution in [1.29, 1.82) is 0 Å². The van der Waals surface area contributed by atoms with E-state index in [0.717, 1.165) is 16.8 Å². The smallest absolute Gasteiger partial charge is 0.267 e. The monoisotopic (exact) mass is 435 g/mol. The molecule has 0 spiro atoms. The van der Waals surface area contributed by atoms with Gasteiger partial charge in [-0.05, 0) is 43.5 Å². The number of benzene rings is 2. The summed E-state index contributed by atoms with van der Waals surface area (Å²) in [6, 6.07) is 15.2. The molecule has 31 heavy (non-hydrogen) atoms. The zero-order valence-corrected chi connectivity index (χ0v) is 18.8. The summed E-state index contributed by atoms with van der Waals surface area (Å²) in [6.07, 6.45) is 0. The highest BCUT2D eigenvalue weighted by molar-refractivity contribution is 7.99. The van der Waals surface area contributed by atoms with E-state index in [1.54, 1.807) is 10.6 Å². The van der Waals surface area contributed by atoms with E-state index in [9.17, 15) is 9.59 Å². The quantitative estimate of drug-likeness (QED) is 0.468. The van der Waals surface area contributed by atoms with E-state index in [2.05, 4.69) is 29.4 Å². The number of nitrogens with zero attached hydrogens (tertiary/aromatic N) is 4. The lowest BCUT2D eigenvalue weighted by atomic mass is 10.1. The maximum absolute atomic E-state index is 13.4. The molecule has 0 aliphatic carbocycles. The molecule has 0 aliphatic rings. The number of aryl methyl sites for hydroxylation is 1. The third-order valence-corrected chi connectivity index (χ3v) is 6.40. The Hall–Kier alpha value is -3.13. The molecule has 1 N–H and O–H groups in total. The molecule has 2 heterocycles. The molecule has 0 radical (unpaired) electrons. The summed E-state index contributed by atoms with van der Waals surface area (Å²) in [5, 5.41) is 12.8. The molecule has 0 bridgehead atoms. The summed E-state index contributed by atoms with van der Waals surface area (Å²) in [4.78, 5) is 25.8. The van der Waals surface area contributed by atoms with Gasteiger partial charge in [-0.2, -0.15) is 0 Å². The number of para-hydroxylation sites is 2. The molecule has 1 atom stereocenters. The molecular formula is C23H25N5O2S. The molecular weight excluding hydrogens is 410 g/mol. The van der Waals surface area contributed by atoms with E-state index in [-0.39, 0.29) is 23.3 Å². The van der Waals surface area contributed by atoms with Crippen LogP contribution in [0.1, 0.15) is 26.3 Å². The maximum atomic E-state index is 13.4. The van der Waals surface area contributed by atoms with Crippen molar-refractivity contribution >= 4 is 34.3 Å². The van der Waals surface area contributed by atoms with E-state index >= 15 is 0 Å². The average molecular weight is 436 g/mol. The number of hydrogen-bond acceptors (Lipinski definition) is 5. The SMILES string of the molecule is Cc1ccccc1-n1c(=O)c2ccccc2n2c(SCC(=O)NC(C)C(C)C)nnc12. The number of thioether (sulfide) groups is 1. The molecule has 8 heteroatoms. The van der Waals surface area contributed by atoms with Crippen LogP contribution in [0, 0.1) is 12.8 Å². The summed E-state index contributed by atoms with van der Waals surface area (Å²) in [5.74, 6) is 0.946. The zero-order chi connectivity index (χ0) is 22.1. The van der Waals surface area contributed by atoms with Gasteiger partial charge in [0.15, 0.2) is 5.16 Å². The largest absolute Gasteiger partial charge is 0.353 e. The molecule has 1 unspecified atom stereocenters. The van der Waals surface area contributed by atoms with Crippen LogP contribution in [-0.2, 0) is 4.79 Å². The molecule has 1 amide bonds. The summed E-state index contributed by atoms with van der Waals surface area (Å²) < 4.78 is 3.45. The topological polar surface area (TPSA) is 81.3 Å². The van der Waals surface area contributed by atoms with Crippen molar-refractivity contribution in [2.75, 3.05) is 5.75 Å². The van der Waals surface area contributed by atoms with Crippen LogP contribution >= 0.6 is 11.8 Å². The summed E-state index contributed by atoms with van der Waals surface area (Å²) in [7, 11) is 0. The molecule has 0 aliphatic heterocycles. The fraction of sp³-hybridized carbons (Fsp3) is 0.304. The normalized spacial score (nSPS) is 12.5. The van der Waals surface area contributed by atoms with E-state index in [1.165, 1.54) is 11.8 Å². The highest BCUT2D eigenvalue weighted by Crippen LogP contribution is 2.24. The van der Waals surface area contributed by atoms with Gasteiger partial charge in [-0.1, -0.05) is 55.9 Å². The van der Waals surface area contributed by atoms with Gasteiger partial charge in [0, 0.05) is 6.04 Å². The van der Waals surface area contributed by atoms with Gasteiger partial charge in [0.2, 0.25) is 11.7 Å². The van der Waals surface area contributed by atoms with Crippen LogP contribution in [0.15, 0.2) is 58.5 Å². The fourth-order valence-corrected chi connectivity index (χ4v) is 4.15. The van der Waals surface area contributed by atoms with E-state index in [1.807, 2.05) is 60.7 Å². The van der Waals surface area contributed by atoms with Gasteiger partial charge in [-0.25, -0.2) is 4.57 Å². The first kappa shape index (κ1) is 21.1. The van der Waals surface area contributed by atoms with Gasteiger partial charge in [0.1, 0.15) is 0 Å². The summed E-state index contributed by atoms with van der Waals surface area (Å²) in [5.41, 5.74) is 2.29. The van der Waals surface area contributed by atoms with E-state index in [0.29, 0.717) is 22.2 Å². The highest BCUT2D eigenvalue weighted by atomic mass is 32.2. The zero-order valence-electron chi connectivity index (χ0n) is 18.0.